The molecule has 0 fully saturated rings. The summed E-state index contributed by atoms with van der Waals surface area (Å²) in [4.78, 5) is 0. The van der Waals surface area contributed by atoms with E-state index in [0.717, 1.165) is 15.7 Å². The zero-order valence-corrected chi connectivity index (χ0v) is 10.3. The van der Waals surface area contributed by atoms with Crippen LogP contribution in [0.5, 0.6) is 0 Å². The lowest BCUT2D eigenvalue weighted by Gasteiger charge is -1.97. The molecule has 0 N–H and O–H groups in total. The first-order valence-electron chi connectivity index (χ1n) is 2.97. The van der Waals surface area contributed by atoms with Gasteiger partial charge in [-0.1, -0.05) is 27.5 Å². The van der Waals surface area contributed by atoms with E-state index in [2.05, 4.69) is 22.0 Å². The van der Waals surface area contributed by atoms with Gasteiger partial charge in [-0.25, -0.2) is 0 Å². The Hall–Kier alpha value is 0.710. The Morgan fingerprint density at radius 2 is 2.09 bits per heavy atom. The van der Waals surface area contributed by atoms with Gasteiger partial charge in [-0.15, -0.1) is 0 Å². The molecule has 0 amide bonds. The van der Waals surface area contributed by atoms with Gasteiger partial charge in [0.2, 0.25) is 0 Å². The topological polar surface area (TPSA) is 0 Å². The van der Waals surface area contributed by atoms with E-state index in [0.29, 0.717) is 0 Å². The van der Waals surface area contributed by atoms with Gasteiger partial charge in [0.15, 0.2) is 0 Å². The molecule has 1 atom stereocenters. The third-order valence-electron chi connectivity index (χ3n) is 1.28. The van der Waals surface area contributed by atoms with Gasteiger partial charge in [0.05, 0.1) is 6.16 Å². The maximum absolute atomic E-state index is 5.88. The van der Waals surface area contributed by atoms with Crippen molar-refractivity contribution >= 4 is 36.8 Å². The minimum Gasteiger partial charge on any atom is -1.00 e. The Bertz CT molecular complexity index is 240. The molecule has 62 valence electrons. The molecule has 11 heavy (non-hydrogen) atoms. The molecule has 0 aliphatic rings. The maximum Gasteiger partial charge on any atom is 0.0789 e. The summed E-state index contributed by atoms with van der Waals surface area (Å²) in [6.07, 6.45) is 1.01. The summed E-state index contributed by atoms with van der Waals surface area (Å²) in [5, 5.41) is 0.859. The predicted molar refractivity (Wildman–Crippen MR) is 54.0 cm³/mol. The van der Waals surface area contributed by atoms with E-state index in [1.54, 1.807) is 0 Å². The zero-order valence-electron chi connectivity index (χ0n) is 5.78. The van der Waals surface area contributed by atoms with Crippen molar-refractivity contribution in [1.82, 2.24) is 0 Å². The highest BCUT2D eigenvalue weighted by Gasteiger charge is 1.98. The van der Waals surface area contributed by atoms with E-state index < -0.39 is 0 Å². The van der Waals surface area contributed by atoms with E-state index >= 15 is 0 Å². The standard InChI is InChI=1S/C7H7BrClP.ClH/c8-6-1-2-7(9)5(3-6)4-10;/h1-3H,4,10H2;1H. The van der Waals surface area contributed by atoms with Gasteiger partial charge in [-0.05, 0) is 27.4 Å². The summed E-state index contributed by atoms with van der Waals surface area (Å²) in [5.41, 5.74) is 1.20. The van der Waals surface area contributed by atoms with Crippen molar-refractivity contribution in [3.63, 3.8) is 0 Å². The lowest BCUT2D eigenvalue weighted by molar-refractivity contribution is -0.00000174. The highest BCUT2D eigenvalue weighted by molar-refractivity contribution is 9.10. The van der Waals surface area contributed by atoms with Crippen LogP contribution < -0.4 is 12.4 Å². The highest BCUT2D eigenvalue weighted by atomic mass is 79.9. The summed E-state index contributed by atoms with van der Waals surface area (Å²) in [5.74, 6) is 0. The van der Waals surface area contributed by atoms with Gasteiger partial charge in [-0.2, -0.15) is 0 Å². The molecular formula is C7H8BrCl2P. The second kappa shape index (κ2) is 5.37. The summed E-state index contributed by atoms with van der Waals surface area (Å²) in [6, 6.07) is 5.91. The zero-order chi connectivity index (χ0) is 7.56. The molecule has 1 unspecified atom stereocenters. The maximum atomic E-state index is 5.88. The van der Waals surface area contributed by atoms with Crippen LogP contribution in [0.2, 0.25) is 5.02 Å². The van der Waals surface area contributed by atoms with Crippen LogP contribution in [-0.2, 0) is 6.16 Å². The van der Waals surface area contributed by atoms with Gasteiger partial charge in [0.25, 0.3) is 0 Å². The lowest BCUT2D eigenvalue weighted by atomic mass is 10.2. The quantitative estimate of drug-likeness (QED) is 0.642. The average molecular weight is 274 g/mol. The van der Waals surface area contributed by atoms with Crippen molar-refractivity contribution in [1.29, 1.82) is 0 Å². The Morgan fingerprint density at radius 3 is 2.55 bits per heavy atom. The molecule has 1 rings (SSSR count). The normalized spacial score (nSPS) is 9.27. The molecule has 0 saturated carbocycles. The molecule has 0 saturated heterocycles. The van der Waals surface area contributed by atoms with Crippen LogP contribution in [0.3, 0.4) is 0 Å². The fraction of sp³-hybridized carbons (Fsp3) is 0.143. The minimum atomic E-state index is 0. The predicted octanol–water partition coefficient (Wildman–Crippen LogP) is 0.214. The Morgan fingerprint density at radius 1 is 1.45 bits per heavy atom. The molecule has 0 heterocycles. The van der Waals surface area contributed by atoms with Gasteiger partial charge in [0, 0.05) is 15.1 Å². The molecule has 0 bridgehead atoms. The smallest absolute Gasteiger partial charge is 0.0789 e. The monoisotopic (exact) mass is 272 g/mol. The van der Waals surface area contributed by atoms with Crippen LogP contribution >= 0.6 is 36.8 Å². The first kappa shape index (κ1) is 11.7. The van der Waals surface area contributed by atoms with Crippen molar-refractivity contribution in [2.24, 2.45) is 0 Å². The second-order valence-electron chi connectivity index (χ2n) is 1.99. The van der Waals surface area contributed by atoms with Crippen molar-refractivity contribution in [2.75, 3.05) is 0 Å². The van der Waals surface area contributed by atoms with E-state index in [1.165, 1.54) is 5.56 Å². The first-order valence-corrected chi connectivity index (χ1v) is 5.14. The molecule has 0 aromatic heterocycles. The number of hydrogen-bond donors (Lipinski definition) is 0. The van der Waals surface area contributed by atoms with Crippen molar-refractivity contribution in [3.05, 3.63) is 33.3 Å². The number of halogens is 3. The Kier molecular flexibility index (Phi) is 5.72. The molecule has 4 heteroatoms. The van der Waals surface area contributed by atoms with Gasteiger partial charge < -0.3 is 12.4 Å². The third-order valence-corrected chi connectivity index (χ3v) is 2.68. The Balaban J connectivity index is 0.000001000. The van der Waals surface area contributed by atoms with Crippen molar-refractivity contribution in [3.8, 4) is 0 Å². The van der Waals surface area contributed by atoms with Gasteiger partial charge >= 0.3 is 0 Å². The Labute approximate surface area is 88.5 Å². The minimum absolute atomic E-state index is 0. The molecule has 0 aliphatic carbocycles. The van der Waals surface area contributed by atoms with Crippen LogP contribution in [0.4, 0.5) is 0 Å². The number of hydrogen-bond acceptors (Lipinski definition) is 0. The third kappa shape index (κ3) is 3.29. The molecule has 0 radical (unpaired) electrons. The summed E-state index contributed by atoms with van der Waals surface area (Å²) in [7, 11) is 1.91. The summed E-state index contributed by atoms with van der Waals surface area (Å²) in [6.45, 7) is 0. The fourth-order valence-corrected chi connectivity index (χ4v) is 1.93. The molecule has 0 spiro atoms. The van der Waals surface area contributed by atoms with E-state index in [9.17, 15) is 0 Å². The lowest BCUT2D eigenvalue weighted by Crippen LogP contribution is -3.00. The van der Waals surface area contributed by atoms with Crippen LogP contribution in [0.1, 0.15) is 5.56 Å². The number of rotatable bonds is 1. The summed E-state index contributed by atoms with van der Waals surface area (Å²) < 4.78 is 1.10. The molecular weight excluding hydrogens is 266 g/mol. The molecule has 1 aromatic rings. The molecule has 0 aliphatic heterocycles. The number of benzene rings is 1. The fourth-order valence-electron chi connectivity index (χ4n) is 0.735. The summed E-state index contributed by atoms with van der Waals surface area (Å²) >= 11 is 9.26. The van der Waals surface area contributed by atoms with Crippen LogP contribution in [0, 0.1) is 0 Å². The largest absolute Gasteiger partial charge is 1.00 e. The van der Waals surface area contributed by atoms with E-state index in [4.69, 9.17) is 11.6 Å². The average Bonchev–Trinajstić information content (AvgIpc) is 1.94. The van der Waals surface area contributed by atoms with E-state index in [-0.39, 0.29) is 12.4 Å². The van der Waals surface area contributed by atoms with Crippen LogP contribution in [0.15, 0.2) is 22.7 Å². The van der Waals surface area contributed by atoms with Crippen LogP contribution in [0.25, 0.3) is 0 Å². The van der Waals surface area contributed by atoms with Gasteiger partial charge in [-0.3, -0.25) is 0 Å². The molecule has 1 aromatic carbocycles. The second-order valence-corrected chi connectivity index (χ2v) is 3.81. The first-order chi connectivity index (χ1) is 4.74. The molecule has 0 nitrogen and oxygen atoms in total. The SMILES string of the molecule is [Cl-].[PH3+]Cc1cc(Br)ccc1Cl. The van der Waals surface area contributed by atoms with Crippen LogP contribution in [-0.4, -0.2) is 0 Å². The van der Waals surface area contributed by atoms with E-state index in [1.807, 2.05) is 21.4 Å². The van der Waals surface area contributed by atoms with Crippen molar-refractivity contribution in [2.45, 2.75) is 6.16 Å². The van der Waals surface area contributed by atoms with Gasteiger partial charge in [0.1, 0.15) is 0 Å². The highest BCUT2D eigenvalue weighted by Crippen LogP contribution is 2.22. The van der Waals surface area contributed by atoms with Crippen molar-refractivity contribution < 1.29 is 12.4 Å².